The molecule has 4 atom stereocenters. The topological polar surface area (TPSA) is 147 Å². The summed E-state index contributed by atoms with van der Waals surface area (Å²) in [5, 5.41) is 0. The molecule has 2 aliphatic heterocycles. The lowest BCUT2D eigenvalue weighted by atomic mass is 10.0. The lowest BCUT2D eigenvalue weighted by molar-refractivity contribution is -0.145. The van der Waals surface area contributed by atoms with Gasteiger partial charge in [0, 0.05) is 68.0 Å². The summed E-state index contributed by atoms with van der Waals surface area (Å²) in [7, 11) is 6.60. The summed E-state index contributed by atoms with van der Waals surface area (Å²) < 4.78 is 34.8. The van der Waals surface area contributed by atoms with E-state index in [0.717, 1.165) is 89.4 Å². The van der Waals surface area contributed by atoms with E-state index in [-0.39, 0.29) is 48.8 Å². The van der Waals surface area contributed by atoms with E-state index in [2.05, 4.69) is 34.2 Å². The molecule has 0 saturated heterocycles. The molecule has 4 aromatic carbocycles. The summed E-state index contributed by atoms with van der Waals surface area (Å²) in [6.45, 7) is 4.18. The Bertz CT molecular complexity index is 2920. The zero-order valence-electron chi connectivity index (χ0n) is 38.6. The predicted molar refractivity (Wildman–Crippen MR) is 260 cm³/mol. The van der Waals surface area contributed by atoms with Crippen LogP contribution in [0.2, 0.25) is 0 Å². The smallest absolute Gasteiger partial charge is 0.310 e. The minimum absolute atomic E-state index is 0.253. The number of methoxy groups -OCH3 is 4. The van der Waals surface area contributed by atoms with Gasteiger partial charge in [-0.1, -0.05) is 48.5 Å². The number of carbonyl (C=O) groups is 2. The normalized spacial score (nSPS) is 19.6. The van der Waals surface area contributed by atoms with E-state index in [1.165, 1.54) is 0 Å². The third-order valence-electron chi connectivity index (χ3n) is 13.8. The molecule has 68 heavy (non-hydrogen) atoms. The van der Waals surface area contributed by atoms with Crippen LogP contribution in [0.5, 0.6) is 23.0 Å². The molecule has 2 aliphatic carbocycles. The van der Waals surface area contributed by atoms with Crippen LogP contribution in [-0.4, -0.2) is 73.5 Å². The van der Waals surface area contributed by atoms with Crippen LogP contribution in [-0.2, 0) is 19.1 Å². The molecule has 11 rings (SSSR count). The predicted octanol–water partition coefficient (Wildman–Crippen LogP) is 11.1. The average Bonchev–Trinajstić information content (AvgIpc) is 3.93. The Balaban J connectivity index is 1.35. The van der Waals surface area contributed by atoms with Crippen molar-refractivity contribution in [1.29, 1.82) is 0 Å². The molecule has 7 aromatic rings. The summed E-state index contributed by atoms with van der Waals surface area (Å²) in [5.41, 5.74) is 12.9. The van der Waals surface area contributed by atoms with Gasteiger partial charge in [-0.05, 0) is 109 Å². The molecule has 0 radical (unpaired) electrons. The molecule has 2 N–H and O–H groups in total. The van der Waals surface area contributed by atoms with E-state index in [1.807, 2.05) is 111 Å². The number of aromatic amines is 2. The molecular weight excluding hydrogens is 857 g/mol. The largest absolute Gasteiger partial charge is 0.497 e. The molecule has 4 aliphatic rings. The molecule has 0 amide bonds. The molecule has 0 spiro atoms. The first kappa shape index (κ1) is 42.8. The number of nitrogens with one attached hydrogen (secondary N) is 2. The molecule has 12 nitrogen and oxygen atoms in total. The van der Waals surface area contributed by atoms with Crippen molar-refractivity contribution in [3.8, 4) is 67.5 Å². The standard InChI is InChI=1S/C56H50N4O8/c1-7-67-55(61)49-45-46(49)52-42(30-14-10-18-34(26-30)64-4)38-22-24-40(58-38)44(32-16-12-20-36(28-32)66-6)54-48-47(50(48)56(62)68-8-2)53(60-54)43(31-15-11-19-35(27-31)65-5)39-23-21-37(57-39)41(51(45)59-52)29-13-9-17-33(25-29)63-3/h9-28,45-50,57-58H,7-8H2,1-6H3. The first-order chi connectivity index (χ1) is 33.3. The summed E-state index contributed by atoms with van der Waals surface area (Å²) in [5.74, 6) is 0.0324. The van der Waals surface area contributed by atoms with Crippen molar-refractivity contribution in [2.45, 2.75) is 37.5 Å². The fourth-order valence-electron chi connectivity index (χ4n) is 10.7. The quantitative estimate of drug-likeness (QED) is 0.114. The highest BCUT2D eigenvalue weighted by Crippen LogP contribution is 2.68. The van der Waals surface area contributed by atoms with Crippen LogP contribution < -0.4 is 18.9 Å². The van der Waals surface area contributed by atoms with Crippen molar-refractivity contribution in [1.82, 2.24) is 19.9 Å². The lowest BCUT2D eigenvalue weighted by Crippen LogP contribution is -2.11. The number of fused-ring (bicyclic) bond motifs is 14. The molecule has 12 heteroatoms. The molecule has 3 aromatic heterocycles. The average molecular weight is 907 g/mol. The summed E-state index contributed by atoms with van der Waals surface area (Å²) in [4.78, 5) is 47.3. The Labute approximate surface area is 393 Å². The third-order valence-corrected chi connectivity index (χ3v) is 13.8. The molecule has 5 heterocycles. The van der Waals surface area contributed by atoms with Gasteiger partial charge in [0.1, 0.15) is 23.0 Å². The zero-order chi connectivity index (χ0) is 46.8. The second kappa shape index (κ2) is 17.1. The minimum Gasteiger partial charge on any atom is -0.497 e. The number of hydrogen-bond acceptors (Lipinski definition) is 10. The Hall–Kier alpha value is -7.86. The van der Waals surface area contributed by atoms with E-state index in [9.17, 15) is 9.59 Å². The second-order valence-corrected chi connectivity index (χ2v) is 17.4. The molecule has 342 valence electrons. The van der Waals surface area contributed by atoms with Crippen LogP contribution in [0, 0.1) is 11.8 Å². The van der Waals surface area contributed by atoms with Crippen LogP contribution >= 0.6 is 0 Å². The van der Waals surface area contributed by atoms with Crippen LogP contribution in [0.1, 0.15) is 60.3 Å². The molecule has 8 bridgehead atoms. The maximum absolute atomic E-state index is 14.1. The maximum atomic E-state index is 14.1. The number of benzene rings is 4. The van der Waals surface area contributed by atoms with E-state index < -0.39 is 11.8 Å². The van der Waals surface area contributed by atoms with Gasteiger partial charge < -0.3 is 38.4 Å². The van der Waals surface area contributed by atoms with Gasteiger partial charge in [0.2, 0.25) is 0 Å². The number of carbonyl (C=O) groups excluding carboxylic acids is 2. The van der Waals surface area contributed by atoms with Gasteiger partial charge in [-0.15, -0.1) is 0 Å². The highest BCUT2D eigenvalue weighted by atomic mass is 16.5. The van der Waals surface area contributed by atoms with Gasteiger partial charge in [0.25, 0.3) is 0 Å². The number of esters is 2. The fourth-order valence-corrected chi connectivity index (χ4v) is 10.7. The van der Waals surface area contributed by atoms with Crippen molar-refractivity contribution >= 4 is 34.0 Å². The maximum Gasteiger partial charge on any atom is 0.310 e. The second-order valence-electron chi connectivity index (χ2n) is 17.4. The number of hydrogen-bond donors (Lipinski definition) is 2. The SMILES string of the molecule is CCOC(=O)C1C2c3nc(c(-c4cccc(OC)c4)c4ccc([nH]4)c(-c4cccc(OC)c4)c4nc(c(-c5cccc(OC)c5)c5ccc([nH]5)c3-c3cccc(OC)c3)C3C(C(=O)OCC)C43)C12. The summed E-state index contributed by atoms with van der Waals surface area (Å²) in [6.07, 6.45) is 0. The van der Waals surface area contributed by atoms with Gasteiger partial charge in [-0.2, -0.15) is 0 Å². The Morgan fingerprint density at radius 1 is 0.426 bits per heavy atom. The highest BCUT2D eigenvalue weighted by molar-refractivity contribution is 5.96. The summed E-state index contributed by atoms with van der Waals surface area (Å²) >= 11 is 0. The van der Waals surface area contributed by atoms with Crippen molar-refractivity contribution in [3.05, 3.63) is 144 Å². The van der Waals surface area contributed by atoms with Crippen molar-refractivity contribution in [2.75, 3.05) is 41.7 Å². The van der Waals surface area contributed by atoms with Crippen molar-refractivity contribution < 1.29 is 38.0 Å². The van der Waals surface area contributed by atoms with Gasteiger partial charge in [0.15, 0.2) is 0 Å². The lowest BCUT2D eigenvalue weighted by Gasteiger charge is -2.12. The van der Waals surface area contributed by atoms with Gasteiger partial charge in [-0.3, -0.25) is 19.6 Å². The molecule has 2 saturated carbocycles. The van der Waals surface area contributed by atoms with Crippen LogP contribution in [0.4, 0.5) is 0 Å². The molecule has 4 unspecified atom stereocenters. The van der Waals surface area contributed by atoms with Crippen molar-refractivity contribution in [2.24, 2.45) is 11.8 Å². The van der Waals surface area contributed by atoms with E-state index in [0.29, 0.717) is 23.0 Å². The monoisotopic (exact) mass is 906 g/mol. The number of H-pyrrole nitrogens is 2. The van der Waals surface area contributed by atoms with Crippen LogP contribution in [0.25, 0.3) is 66.6 Å². The molecule has 2 fully saturated rings. The van der Waals surface area contributed by atoms with Gasteiger partial charge in [0.05, 0.1) is 76.3 Å². The van der Waals surface area contributed by atoms with Crippen LogP contribution in [0.3, 0.4) is 0 Å². The minimum atomic E-state index is -0.480. The number of ether oxygens (including phenoxy) is 6. The zero-order valence-corrected chi connectivity index (χ0v) is 38.6. The third kappa shape index (κ3) is 7.05. The van der Waals surface area contributed by atoms with Gasteiger partial charge >= 0.3 is 11.9 Å². The Morgan fingerprint density at radius 2 is 0.691 bits per heavy atom. The van der Waals surface area contributed by atoms with E-state index in [4.69, 9.17) is 38.4 Å². The Morgan fingerprint density at radius 3 is 0.926 bits per heavy atom. The fraction of sp³-hybridized carbons (Fsp3) is 0.250. The van der Waals surface area contributed by atoms with E-state index >= 15 is 0 Å². The van der Waals surface area contributed by atoms with Gasteiger partial charge in [-0.25, -0.2) is 0 Å². The molecular formula is C56H50N4O8. The number of rotatable bonds is 12. The number of aromatic nitrogens is 4. The van der Waals surface area contributed by atoms with E-state index in [1.54, 1.807) is 28.4 Å². The van der Waals surface area contributed by atoms with Crippen molar-refractivity contribution in [3.63, 3.8) is 0 Å². The highest BCUT2D eigenvalue weighted by Gasteiger charge is 2.64. The first-order valence-electron chi connectivity index (χ1n) is 23.0. The first-order valence-corrected chi connectivity index (χ1v) is 23.0. The summed E-state index contributed by atoms with van der Waals surface area (Å²) in [6, 6.07) is 39.9. The number of nitrogens with zero attached hydrogens (tertiary/aromatic N) is 2. The Kier molecular flexibility index (Phi) is 10.7. The van der Waals surface area contributed by atoms with Crippen LogP contribution in [0.15, 0.2) is 121 Å².